The van der Waals surface area contributed by atoms with Gasteiger partial charge in [-0.25, -0.2) is 0 Å². The van der Waals surface area contributed by atoms with E-state index in [1.54, 1.807) is 0 Å². The van der Waals surface area contributed by atoms with Crippen molar-refractivity contribution in [2.45, 2.75) is 6.42 Å². The van der Waals surface area contributed by atoms with Gasteiger partial charge in [-0.1, -0.05) is 0 Å². The molecule has 0 unspecified atom stereocenters. The van der Waals surface area contributed by atoms with Crippen molar-refractivity contribution in [1.29, 1.82) is 0 Å². The van der Waals surface area contributed by atoms with E-state index in [9.17, 15) is 9.59 Å². The van der Waals surface area contributed by atoms with E-state index in [0.717, 1.165) is 0 Å². The number of carboxylic acid groups (broad SMARTS) is 2. The third-order valence-corrected chi connectivity index (χ3v) is 0.533. The zero-order chi connectivity index (χ0) is 9.28. The molecule has 0 saturated heterocycles. The minimum Gasteiger partial charge on any atom is -0.481 e. The van der Waals surface area contributed by atoms with Gasteiger partial charge >= 0.3 is 11.9 Å². The average Bonchev–Trinajstić information content (AvgIpc) is 1.89. The van der Waals surface area contributed by atoms with Crippen LogP contribution in [0.15, 0.2) is 0 Å². The van der Waals surface area contributed by atoms with Crippen LogP contribution in [0, 0.1) is 0 Å². The molecule has 6 nitrogen and oxygen atoms in total. The largest absolute Gasteiger partial charge is 0.481 e. The molecule has 0 heterocycles. The van der Waals surface area contributed by atoms with Gasteiger partial charge in [0, 0.05) is 6.54 Å². The number of hydrogen-bond acceptors (Lipinski definition) is 4. The molecule has 66 valence electrons. The fourth-order valence-corrected chi connectivity index (χ4v) is 0.123. The van der Waals surface area contributed by atoms with Gasteiger partial charge in [0.15, 0.2) is 0 Å². The van der Waals surface area contributed by atoms with Gasteiger partial charge in [-0.15, -0.1) is 0 Å². The predicted octanol–water partition coefficient (Wildman–Crippen LogP) is -1.55. The normalized spacial score (nSPS) is 7.82. The molecule has 0 aliphatic carbocycles. The highest BCUT2D eigenvalue weighted by molar-refractivity contribution is 5.68. The first kappa shape index (κ1) is 12.5. The lowest BCUT2D eigenvalue weighted by molar-refractivity contribution is -0.137. The Balaban J connectivity index is 0. The monoisotopic (exact) mass is 164 g/mol. The summed E-state index contributed by atoms with van der Waals surface area (Å²) >= 11 is 0. The van der Waals surface area contributed by atoms with Crippen LogP contribution in [-0.4, -0.2) is 35.2 Å². The maximum absolute atomic E-state index is 9.52. The van der Waals surface area contributed by atoms with E-state index in [-0.39, 0.29) is 19.5 Å². The van der Waals surface area contributed by atoms with E-state index >= 15 is 0 Å². The van der Waals surface area contributed by atoms with Gasteiger partial charge in [-0.3, -0.25) is 9.59 Å². The number of carboxylic acids is 2. The maximum Gasteiger partial charge on any atom is 0.317 e. The molecule has 0 saturated carbocycles. The van der Waals surface area contributed by atoms with Crippen molar-refractivity contribution in [2.24, 2.45) is 11.5 Å². The van der Waals surface area contributed by atoms with Crippen LogP contribution in [0.25, 0.3) is 0 Å². The van der Waals surface area contributed by atoms with Gasteiger partial charge in [-0.05, 0) is 0 Å². The van der Waals surface area contributed by atoms with Gasteiger partial charge < -0.3 is 21.7 Å². The molecule has 6 N–H and O–H groups in total. The Labute approximate surface area is 63.8 Å². The van der Waals surface area contributed by atoms with E-state index < -0.39 is 11.9 Å². The van der Waals surface area contributed by atoms with Crippen LogP contribution in [0.2, 0.25) is 0 Å². The van der Waals surface area contributed by atoms with Crippen LogP contribution in [0.4, 0.5) is 0 Å². The lowest BCUT2D eigenvalue weighted by atomic mass is 10.5. The highest BCUT2D eigenvalue weighted by Crippen LogP contribution is 1.67. The number of rotatable bonds is 3. The summed E-state index contributed by atoms with van der Waals surface area (Å²) < 4.78 is 0. The summed E-state index contributed by atoms with van der Waals surface area (Å²) in [6.07, 6.45) is 0.0694. The highest BCUT2D eigenvalue weighted by Gasteiger charge is 1.87. The molecular weight excluding hydrogens is 152 g/mol. The molecule has 0 spiro atoms. The summed E-state index contributed by atoms with van der Waals surface area (Å²) in [6, 6.07) is 0. The molecule has 0 rings (SSSR count). The third kappa shape index (κ3) is 28.0. The molecule has 0 bridgehead atoms. The van der Waals surface area contributed by atoms with Crippen molar-refractivity contribution < 1.29 is 19.8 Å². The van der Waals surface area contributed by atoms with Crippen molar-refractivity contribution in [2.75, 3.05) is 13.1 Å². The average molecular weight is 164 g/mol. The Bertz CT molecular complexity index is 126. The van der Waals surface area contributed by atoms with Crippen molar-refractivity contribution in [1.82, 2.24) is 0 Å². The number of aliphatic carboxylic acids is 2. The van der Waals surface area contributed by atoms with E-state index in [0.29, 0.717) is 0 Å². The molecule has 0 aromatic carbocycles. The van der Waals surface area contributed by atoms with Crippen molar-refractivity contribution >= 4 is 11.9 Å². The Morgan fingerprint density at radius 3 is 1.45 bits per heavy atom. The third-order valence-electron chi connectivity index (χ3n) is 0.533. The zero-order valence-electron chi connectivity index (χ0n) is 5.99. The van der Waals surface area contributed by atoms with Gasteiger partial charge in [-0.2, -0.15) is 0 Å². The number of nitrogens with two attached hydrogens (primary N) is 2. The zero-order valence-corrected chi connectivity index (χ0v) is 5.99. The summed E-state index contributed by atoms with van der Waals surface area (Å²) in [5, 5.41) is 15.4. The minimum absolute atomic E-state index is 0.0694. The first-order valence-electron chi connectivity index (χ1n) is 2.88. The summed E-state index contributed by atoms with van der Waals surface area (Å²) in [5.74, 6) is -1.80. The van der Waals surface area contributed by atoms with Gasteiger partial charge in [0.05, 0.1) is 13.0 Å². The smallest absolute Gasteiger partial charge is 0.317 e. The molecule has 0 aromatic rings. The highest BCUT2D eigenvalue weighted by atomic mass is 16.4. The first-order valence-corrected chi connectivity index (χ1v) is 2.88. The number of carbonyl (C=O) groups is 2. The Morgan fingerprint density at radius 1 is 1.09 bits per heavy atom. The summed E-state index contributed by atoms with van der Waals surface area (Å²) in [4.78, 5) is 18.8. The van der Waals surface area contributed by atoms with Gasteiger partial charge in [0.1, 0.15) is 0 Å². The van der Waals surface area contributed by atoms with Crippen molar-refractivity contribution in [3.8, 4) is 0 Å². The predicted molar refractivity (Wildman–Crippen MR) is 38.0 cm³/mol. The quantitative estimate of drug-likeness (QED) is 0.400. The molecule has 0 aliphatic rings. The van der Waals surface area contributed by atoms with E-state index in [2.05, 4.69) is 5.73 Å². The first-order chi connectivity index (χ1) is 5.04. The van der Waals surface area contributed by atoms with E-state index in [1.165, 1.54) is 0 Å². The Kier molecular flexibility index (Phi) is 10.1. The lowest BCUT2D eigenvalue weighted by Gasteiger charge is -1.80. The van der Waals surface area contributed by atoms with E-state index in [1.807, 2.05) is 0 Å². The second kappa shape index (κ2) is 8.86. The molecule has 11 heavy (non-hydrogen) atoms. The summed E-state index contributed by atoms with van der Waals surface area (Å²) in [7, 11) is 0. The van der Waals surface area contributed by atoms with Crippen LogP contribution >= 0.6 is 0 Å². The Morgan fingerprint density at radius 2 is 1.45 bits per heavy atom. The fraction of sp³-hybridized carbons (Fsp3) is 0.600. The molecular formula is C5H12N2O4. The van der Waals surface area contributed by atoms with Crippen LogP contribution in [0.5, 0.6) is 0 Å². The standard InChI is InChI=1S/C3H7NO2.C2H5NO2/c4-2-1-3(5)6;3-1-2(4)5/h1-2,4H2,(H,5,6);1,3H2,(H,4,5). The van der Waals surface area contributed by atoms with Crippen molar-refractivity contribution in [3.05, 3.63) is 0 Å². The number of hydrogen-bond donors (Lipinski definition) is 4. The topological polar surface area (TPSA) is 127 Å². The second-order valence-corrected chi connectivity index (χ2v) is 1.53. The summed E-state index contributed by atoms with van der Waals surface area (Å²) in [6.45, 7) is -0.0463. The van der Waals surface area contributed by atoms with Crippen LogP contribution in [0.3, 0.4) is 0 Å². The fourth-order valence-electron chi connectivity index (χ4n) is 0.123. The maximum atomic E-state index is 9.52. The molecule has 0 amide bonds. The lowest BCUT2D eigenvalue weighted by Crippen LogP contribution is -2.10. The summed E-state index contributed by atoms with van der Waals surface area (Å²) in [5.41, 5.74) is 9.42. The second-order valence-electron chi connectivity index (χ2n) is 1.53. The van der Waals surface area contributed by atoms with Crippen LogP contribution in [0.1, 0.15) is 6.42 Å². The van der Waals surface area contributed by atoms with Crippen LogP contribution in [-0.2, 0) is 9.59 Å². The molecule has 0 fully saturated rings. The molecule has 0 aromatic heterocycles. The van der Waals surface area contributed by atoms with E-state index in [4.69, 9.17) is 15.9 Å². The van der Waals surface area contributed by atoms with Crippen molar-refractivity contribution in [3.63, 3.8) is 0 Å². The molecule has 0 atom stereocenters. The van der Waals surface area contributed by atoms with Crippen LogP contribution < -0.4 is 11.5 Å². The van der Waals surface area contributed by atoms with Gasteiger partial charge in [0.25, 0.3) is 0 Å². The molecule has 0 radical (unpaired) electrons. The van der Waals surface area contributed by atoms with Gasteiger partial charge in [0.2, 0.25) is 0 Å². The molecule has 0 aliphatic heterocycles. The molecule has 6 heteroatoms. The Hall–Kier alpha value is -1.14. The SMILES string of the molecule is NCC(=O)O.NCCC(=O)O. The minimum atomic E-state index is -0.968.